The normalized spacial score (nSPS) is 10.4. The average Bonchev–Trinajstić information content (AvgIpc) is 2.33. The van der Waals surface area contributed by atoms with Crippen LogP contribution in [-0.4, -0.2) is 29.0 Å². The molecule has 0 aliphatic carbocycles. The maximum atomic E-state index is 10.7. The molecule has 1 amide bonds. The van der Waals surface area contributed by atoms with Crippen LogP contribution in [0.3, 0.4) is 0 Å². The number of carbonyl (C=O) groups is 1. The van der Waals surface area contributed by atoms with Gasteiger partial charge in [0.2, 0.25) is 5.91 Å². The van der Waals surface area contributed by atoms with E-state index in [4.69, 9.17) is 5.73 Å². The van der Waals surface area contributed by atoms with E-state index in [0.29, 0.717) is 5.82 Å². The third-order valence-electron chi connectivity index (χ3n) is 2.26. The topological polar surface area (TPSA) is 92.9 Å². The van der Waals surface area contributed by atoms with Crippen LogP contribution in [0, 0.1) is 0 Å². The van der Waals surface area contributed by atoms with Crippen LogP contribution >= 0.6 is 0 Å². The highest BCUT2D eigenvalue weighted by atomic mass is 16.1. The standard InChI is InChI=1S/C12H21N5O/c1-4-5-14-10-6-11(15-7-9(13)18)17-12(16-10)8(2)3/h6,8H,4-5,7H2,1-3H3,(H2,13,18)(H2,14,15,16,17). The van der Waals surface area contributed by atoms with E-state index >= 15 is 0 Å². The SMILES string of the molecule is CCCNc1cc(NCC(N)=O)nc(C(C)C)n1. The Labute approximate surface area is 107 Å². The van der Waals surface area contributed by atoms with Crippen LogP contribution < -0.4 is 16.4 Å². The Hall–Kier alpha value is -1.85. The fraction of sp³-hybridized carbons (Fsp3) is 0.583. The lowest BCUT2D eigenvalue weighted by atomic mass is 10.2. The van der Waals surface area contributed by atoms with Crippen molar-refractivity contribution in [2.24, 2.45) is 5.73 Å². The minimum atomic E-state index is -0.414. The Morgan fingerprint density at radius 3 is 2.44 bits per heavy atom. The summed E-state index contributed by atoms with van der Waals surface area (Å²) in [5.41, 5.74) is 5.10. The Bertz CT molecular complexity index is 405. The van der Waals surface area contributed by atoms with Crippen molar-refractivity contribution in [2.45, 2.75) is 33.1 Å². The molecule has 0 bridgehead atoms. The first-order valence-electron chi connectivity index (χ1n) is 6.18. The Morgan fingerprint density at radius 2 is 1.94 bits per heavy atom. The molecule has 0 aliphatic rings. The number of anilines is 2. The molecule has 0 fully saturated rings. The predicted molar refractivity (Wildman–Crippen MR) is 72.6 cm³/mol. The van der Waals surface area contributed by atoms with Crippen molar-refractivity contribution in [1.82, 2.24) is 9.97 Å². The number of rotatable bonds is 7. The van der Waals surface area contributed by atoms with E-state index in [-0.39, 0.29) is 12.5 Å². The summed E-state index contributed by atoms with van der Waals surface area (Å²) in [4.78, 5) is 19.5. The smallest absolute Gasteiger partial charge is 0.236 e. The lowest BCUT2D eigenvalue weighted by Crippen LogP contribution is -2.22. The minimum Gasteiger partial charge on any atom is -0.370 e. The van der Waals surface area contributed by atoms with E-state index in [1.54, 1.807) is 6.07 Å². The Kier molecular flexibility index (Phi) is 5.35. The predicted octanol–water partition coefficient (Wildman–Crippen LogP) is 1.32. The molecule has 0 aliphatic heterocycles. The first kappa shape index (κ1) is 14.2. The summed E-state index contributed by atoms with van der Waals surface area (Å²) >= 11 is 0. The van der Waals surface area contributed by atoms with Crippen molar-refractivity contribution in [3.8, 4) is 0 Å². The molecule has 0 unspecified atom stereocenters. The van der Waals surface area contributed by atoms with Gasteiger partial charge in [0.25, 0.3) is 0 Å². The van der Waals surface area contributed by atoms with Crippen LogP contribution in [0.4, 0.5) is 11.6 Å². The number of nitrogens with one attached hydrogen (secondary N) is 2. The van der Waals surface area contributed by atoms with Crippen LogP contribution in [0.15, 0.2) is 6.07 Å². The molecule has 6 heteroatoms. The number of hydrogen-bond donors (Lipinski definition) is 3. The summed E-state index contributed by atoms with van der Waals surface area (Å²) in [6, 6.07) is 1.78. The fourth-order valence-corrected chi connectivity index (χ4v) is 1.34. The maximum absolute atomic E-state index is 10.7. The summed E-state index contributed by atoms with van der Waals surface area (Å²) in [7, 11) is 0. The van der Waals surface area contributed by atoms with Crippen LogP contribution in [-0.2, 0) is 4.79 Å². The second-order valence-corrected chi connectivity index (χ2v) is 4.40. The monoisotopic (exact) mass is 251 g/mol. The van der Waals surface area contributed by atoms with E-state index in [2.05, 4.69) is 27.5 Å². The van der Waals surface area contributed by atoms with Gasteiger partial charge in [0.05, 0.1) is 6.54 Å². The molecule has 0 radical (unpaired) electrons. The highest BCUT2D eigenvalue weighted by molar-refractivity contribution is 5.78. The maximum Gasteiger partial charge on any atom is 0.236 e. The average molecular weight is 251 g/mol. The van der Waals surface area contributed by atoms with Crippen molar-refractivity contribution in [3.63, 3.8) is 0 Å². The van der Waals surface area contributed by atoms with Crippen molar-refractivity contribution in [3.05, 3.63) is 11.9 Å². The number of primary amides is 1. The van der Waals surface area contributed by atoms with Gasteiger partial charge in [-0.05, 0) is 6.42 Å². The lowest BCUT2D eigenvalue weighted by Gasteiger charge is -2.11. The van der Waals surface area contributed by atoms with Crippen molar-refractivity contribution < 1.29 is 4.79 Å². The van der Waals surface area contributed by atoms with Gasteiger partial charge in [-0.25, -0.2) is 9.97 Å². The molecule has 0 spiro atoms. The molecule has 4 N–H and O–H groups in total. The second-order valence-electron chi connectivity index (χ2n) is 4.40. The summed E-state index contributed by atoms with van der Waals surface area (Å²) in [5, 5.41) is 6.10. The van der Waals surface area contributed by atoms with Gasteiger partial charge < -0.3 is 16.4 Å². The zero-order valence-corrected chi connectivity index (χ0v) is 11.2. The molecule has 100 valence electrons. The highest BCUT2D eigenvalue weighted by Crippen LogP contribution is 2.16. The van der Waals surface area contributed by atoms with Gasteiger partial charge in [0.15, 0.2) is 0 Å². The molecule has 0 aromatic carbocycles. The van der Waals surface area contributed by atoms with Gasteiger partial charge in [0, 0.05) is 18.5 Å². The van der Waals surface area contributed by atoms with E-state index in [1.807, 2.05) is 13.8 Å². The van der Waals surface area contributed by atoms with Gasteiger partial charge in [-0.15, -0.1) is 0 Å². The molecular weight excluding hydrogens is 230 g/mol. The number of carbonyl (C=O) groups excluding carboxylic acids is 1. The number of aromatic nitrogens is 2. The van der Waals surface area contributed by atoms with Crippen molar-refractivity contribution in [1.29, 1.82) is 0 Å². The Balaban J connectivity index is 2.87. The van der Waals surface area contributed by atoms with Gasteiger partial charge in [-0.3, -0.25) is 4.79 Å². The van der Waals surface area contributed by atoms with Crippen LogP contribution in [0.1, 0.15) is 38.9 Å². The summed E-state index contributed by atoms with van der Waals surface area (Å²) in [6.45, 7) is 7.06. The summed E-state index contributed by atoms with van der Waals surface area (Å²) in [5.74, 6) is 1.93. The van der Waals surface area contributed by atoms with E-state index in [1.165, 1.54) is 0 Å². The number of amides is 1. The van der Waals surface area contributed by atoms with E-state index in [0.717, 1.165) is 24.6 Å². The largest absolute Gasteiger partial charge is 0.370 e. The zero-order chi connectivity index (χ0) is 13.5. The molecule has 18 heavy (non-hydrogen) atoms. The first-order chi connectivity index (χ1) is 8.52. The first-order valence-corrected chi connectivity index (χ1v) is 6.18. The number of nitrogens with two attached hydrogens (primary N) is 1. The minimum absolute atomic E-state index is 0.0712. The van der Waals surface area contributed by atoms with E-state index < -0.39 is 5.91 Å². The third kappa shape index (κ3) is 4.57. The van der Waals surface area contributed by atoms with Gasteiger partial charge >= 0.3 is 0 Å². The highest BCUT2D eigenvalue weighted by Gasteiger charge is 2.08. The third-order valence-corrected chi connectivity index (χ3v) is 2.26. The number of hydrogen-bond acceptors (Lipinski definition) is 5. The van der Waals surface area contributed by atoms with Gasteiger partial charge in [-0.1, -0.05) is 20.8 Å². The van der Waals surface area contributed by atoms with Crippen LogP contribution in [0.25, 0.3) is 0 Å². The molecule has 0 saturated heterocycles. The molecule has 1 aromatic heterocycles. The van der Waals surface area contributed by atoms with Gasteiger partial charge in [0.1, 0.15) is 17.5 Å². The lowest BCUT2D eigenvalue weighted by molar-refractivity contribution is -0.116. The van der Waals surface area contributed by atoms with Crippen molar-refractivity contribution >= 4 is 17.5 Å². The zero-order valence-electron chi connectivity index (χ0n) is 11.2. The molecule has 0 atom stereocenters. The Morgan fingerprint density at radius 1 is 1.33 bits per heavy atom. The van der Waals surface area contributed by atoms with Crippen LogP contribution in [0.2, 0.25) is 0 Å². The molecule has 1 heterocycles. The molecule has 0 saturated carbocycles. The molecular formula is C12H21N5O. The van der Waals surface area contributed by atoms with Crippen LogP contribution in [0.5, 0.6) is 0 Å². The summed E-state index contributed by atoms with van der Waals surface area (Å²) in [6.07, 6.45) is 1.02. The van der Waals surface area contributed by atoms with Crippen molar-refractivity contribution in [2.75, 3.05) is 23.7 Å². The number of nitrogens with zero attached hydrogens (tertiary/aromatic N) is 2. The molecule has 6 nitrogen and oxygen atoms in total. The van der Waals surface area contributed by atoms with Gasteiger partial charge in [-0.2, -0.15) is 0 Å². The van der Waals surface area contributed by atoms with E-state index in [9.17, 15) is 4.79 Å². The molecule has 1 aromatic rings. The molecule has 1 rings (SSSR count). The second kappa shape index (κ2) is 6.78. The summed E-state index contributed by atoms with van der Waals surface area (Å²) < 4.78 is 0. The fourth-order valence-electron chi connectivity index (χ4n) is 1.34. The quantitative estimate of drug-likeness (QED) is 0.679.